The molecule has 0 saturated carbocycles. The molecular formula is C16H21NO4. The smallest absolute Gasteiger partial charge is 0.410 e. The van der Waals surface area contributed by atoms with Gasteiger partial charge in [-0.15, -0.1) is 0 Å². The van der Waals surface area contributed by atoms with Crippen LogP contribution in [0.4, 0.5) is 4.79 Å². The van der Waals surface area contributed by atoms with Crippen LogP contribution in [0.1, 0.15) is 32.8 Å². The highest BCUT2D eigenvalue weighted by molar-refractivity contribution is 5.76. The monoisotopic (exact) mass is 291 g/mol. The largest absolute Gasteiger partial charge is 0.460 e. The average Bonchev–Trinajstić information content (AvgIpc) is 3.14. The number of ether oxygens (including phenoxy) is 2. The first-order chi connectivity index (χ1) is 9.85. The molecule has 2 rings (SSSR count). The van der Waals surface area contributed by atoms with E-state index in [0.717, 1.165) is 5.56 Å². The van der Waals surface area contributed by atoms with Gasteiger partial charge in [-0.3, -0.25) is 4.79 Å². The first-order valence-corrected chi connectivity index (χ1v) is 7.04. The van der Waals surface area contributed by atoms with E-state index in [2.05, 4.69) is 0 Å². The van der Waals surface area contributed by atoms with Crippen molar-refractivity contribution in [2.24, 2.45) is 0 Å². The van der Waals surface area contributed by atoms with Crippen molar-refractivity contribution in [3.8, 4) is 0 Å². The molecule has 0 aromatic heterocycles. The third-order valence-electron chi connectivity index (χ3n) is 2.98. The second kappa shape index (κ2) is 6.16. The van der Waals surface area contributed by atoms with Gasteiger partial charge in [0.25, 0.3) is 0 Å². The number of nitrogens with zero attached hydrogens (tertiary/aromatic N) is 1. The molecule has 21 heavy (non-hydrogen) atoms. The van der Waals surface area contributed by atoms with Gasteiger partial charge in [-0.2, -0.15) is 0 Å². The number of hydrogen-bond donors (Lipinski definition) is 0. The van der Waals surface area contributed by atoms with Crippen molar-refractivity contribution in [2.45, 2.75) is 45.4 Å². The van der Waals surface area contributed by atoms with E-state index in [1.165, 1.54) is 4.90 Å². The van der Waals surface area contributed by atoms with Crippen LogP contribution in [0.3, 0.4) is 0 Å². The quantitative estimate of drug-likeness (QED) is 0.632. The molecule has 114 valence electrons. The predicted octanol–water partition coefficient (Wildman–Crippen LogP) is 2.74. The van der Waals surface area contributed by atoms with Crippen LogP contribution in [0, 0.1) is 0 Å². The average molecular weight is 291 g/mol. The van der Waals surface area contributed by atoms with Crippen molar-refractivity contribution >= 4 is 12.1 Å². The van der Waals surface area contributed by atoms with E-state index in [9.17, 15) is 9.59 Å². The zero-order valence-corrected chi connectivity index (χ0v) is 12.7. The van der Waals surface area contributed by atoms with Crippen LogP contribution in [-0.2, 0) is 20.9 Å². The molecule has 0 aliphatic carbocycles. The van der Waals surface area contributed by atoms with E-state index in [1.54, 1.807) is 0 Å². The van der Waals surface area contributed by atoms with Gasteiger partial charge in [0.15, 0.2) is 0 Å². The van der Waals surface area contributed by atoms with E-state index in [4.69, 9.17) is 9.47 Å². The number of esters is 1. The van der Waals surface area contributed by atoms with Crippen LogP contribution in [-0.4, -0.2) is 35.2 Å². The van der Waals surface area contributed by atoms with Crippen LogP contribution >= 0.6 is 0 Å². The summed E-state index contributed by atoms with van der Waals surface area (Å²) in [5, 5.41) is 0. The van der Waals surface area contributed by atoms with Crippen molar-refractivity contribution in [3.05, 3.63) is 35.9 Å². The molecule has 0 bridgehead atoms. The number of rotatable bonds is 4. The van der Waals surface area contributed by atoms with Crippen molar-refractivity contribution in [2.75, 3.05) is 6.54 Å². The van der Waals surface area contributed by atoms with Crippen LogP contribution in [0.5, 0.6) is 0 Å². The van der Waals surface area contributed by atoms with Gasteiger partial charge < -0.3 is 14.4 Å². The summed E-state index contributed by atoms with van der Waals surface area (Å²) in [4.78, 5) is 25.0. The molecule has 0 spiro atoms. The van der Waals surface area contributed by atoms with Gasteiger partial charge in [0.1, 0.15) is 12.2 Å². The molecule has 1 aliphatic rings. The first kappa shape index (κ1) is 15.4. The number of hydrogen-bond acceptors (Lipinski definition) is 4. The fraction of sp³-hybridized carbons (Fsp3) is 0.500. The van der Waals surface area contributed by atoms with E-state index in [0.29, 0.717) is 6.54 Å². The molecule has 1 fully saturated rings. The topological polar surface area (TPSA) is 55.6 Å². The molecule has 0 N–H and O–H groups in total. The van der Waals surface area contributed by atoms with E-state index in [1.807, 2.05) is 51.1 Å². The number of benzene rings is 1. The Morgan fingerprint density at radius 1 is 1.24 bits per heavy atom. The summed E-state index contributed by atoms with van der Waals surface area (Å²) in [6.07, 6.45) is -0.162. The lowest BCUT2D eigenvalue weighted by atomic mass is 10.2. The molecule has 1 heterocycles. The van der Waals surface area contributed by atoms with Crippen LogP contribution < -0.4 is 0 Å². The number of amides is 1. The normalized spacial score (nSPS) is 17.3. The summed E-state index contributed by atoms with van der Waals surface area (Å²) in [6, 6.07) is 9.40. The molecule has 1 aliphatic heterocycles. The molecule has 5 nitrogen and oxygen atoms in total. The highest BCUT2D eigenvalue weighted by atomic mass is 16.6. The summed E-state index contributed by atoms with van der Waals surface area (Å²) in [5.74, 6) is -0.286. The van der Waals surface area contributed by atoms with E-state index >= 15 is 0 Å². The Hall–Kier alpha value is -2.04. The lowest BCUT2D eigenvalue weighted by molar-refractivity contribution is -0.154. The summed E-state index contributed by atoms with van der Waals surface area (Å²) in [6.45, 7) is 6.26. The van der Waals surface area contributed by atoms with E-state index in [-0.39, 0.29) is 31.1 Å². The van der Waals surface area contributed by atoms with Gasteiger partial charge in [-0.1, -0.05) is 30.3 Å². The minimum atomic E-state index is -0.495. The van der Waals surface area contributed by atoms with Gasteiger partial charge in [0.2, 0.25) is 0 Å². The molecule has 1 amide bonds. The maximum Gasteiger partial charge on any atom is 0.410 e. The number of carbonyl (C=O) groups is 2. The Balaban J connectivity index is 1.71. The highest BCUT2D eigenvalue weighted by Gasteiger charge is 2.41. The zero-order valence-electron chi connectivity index (χ0n) is 12.7. The van der Waals surface area contributed by atoms with Crippen LogP contribution in [0.2, 0.25) is 0 Å². The predicted molar refractivity (Wildman–Crippen MR) is 77.6 cm³/mol. The second-order valence-corrected chi connectivity index (χ2v) is 6.14. The van der Waals surface area contributed by atoms with Gasteiger partial charge in [-0.05, 0) is 26.3 Å². The third-order valence-corrected chi connectivity index (χ3v) is 2.98. The number of carbonyl (C=O) groups excluding carboxylic acids is 2. The van der Waals surface area contributed by atoms with Gasteiger partial charge in [0, 0.05) is 6.54 Å². The summed E-state index contributed by atoms with van der Waals surface area (Å²) in [5.41, 5.74) is 0.446. The van der Waals surface area contributed by atoms with E-state index < -0.39 is 5.60 Å². The molecule has 1 saturated heterocycles. The molecule has 0 radical (unpaired) electrons. The fourth-order valence-corrected chi connectivity index (χ4v) is 1.96. The maximum absolute atomic E-state index is 11.8. The van der Waals surface area contributed by atoms with Crippen molar-refractivity contribution < 1.29 is 19.1 Å². The van der Waals surface area contributed by atoms with Crippen LogP contribution in [0.15, 0.2) is 30.3 Å². The Morgan fingerprint density at radius 2 is 1.90 bits per heavy atom. The summed E-state index contributed by atoms with van der Waals surface area (Å²) in [7, 11) is 0. The zero-order chi connectivity index (χ0) is 15.5. The van der Waals surface area contributed by atoms with Gasteiger partial charge in [-0.25, -0.2) is 4.79 Å². The Labute approximate surface area is 124 Å². The molecular weight excluding hydrogens is 270 g/mol. The minimum absolute atomic E-state index is 0.0943. The fourth-order valence-electron chi connectivity index (χ4n) is 1.96. The summed E-state index contributed by atoms with van der Waals surface area (Å²) < 4.78 is 10.4. The molecule has 1 atom stereocenters. The van der Waals surface area contributed by atoms with Crippen LogP contribution in [0.25, 0.3) is 0 Å². The van der Waals surface area contributed by atoms with Crippen molar-refractivity contribution in [1.29, 1.82) is 0 Å². The third kappa shape index (κ3) is 5.10. The lowest BCUT2D eigenvalue weighted by Crippen LogP contribution is -2.25. The molecule has 5 heteroatoms. The molecule has 1 aromatic carbocycles. The second-order valence-electron chi connectivity index (χ2n) is 6.14. The highest BCUT2D eigenvalue weighted by Crippen LogP contribution is 2.24. The van der Waals surface area contributed by atoms with Crippen molar-refractivity contribution in [1.82, 2.24) is 4.90 Å². The Bertz CT molecular complexity index is 507. The minimum Gasteiger partial charge on any atom is -0.460 e. The summed E-state index contributed by atoms with van der Waals surface area (Å²) >= 11 is 0. The lowest BCUT2D eigenvalue weighted by Gasteiger charge is -2.19. The standard InChI is InChI=1S/C16H21NO4/c1-16(2,3)21-14(18)9-13-10-17(13)15(19)20-11-12-7-5-4-6-8-12/h4-8,13H,9-11H2,1-3H3/t13-,17?/m0/s1. The van der Waals surface area contributed by atoms with Gasteiger partial charge in [0.05, 0.1) is 12.5 Å². The first-order valence-electron chi connectivity index (χ1n) is 7.04. The SMILES string of the molecule is CC(C)(C)OC(=O)C[C@H]1CN1C(=O)OCc1ccccc1. The van der Waals surface area contributed by atoms with Crippen molar-refractivity contribution in [3.63, 3.8) is 0 Å². The Kier molecular flexibility index (Phi) is 4.50. The maximum atomic E-state index is 11.8. The molecule has 0 unspecified atom stereocenters. The van der Waals surface area contributed by atoms with Gasteiger partial charge >= 0.3 is 12.1 Å². The molecule has 1 aromatic rings. The Morgan fingerprint density at radius 3 is 2.52 bits per heavy atom.